The molecular weight excluding hydrogens is 342 g/mol. The number of nitrogens with one attached hydrogen (secondary N) is 1. The number of fused-ring (bicyclic) bond motifs is 2. The van der Waals surface area contributed by atoms with Crippen molar-refractivity contribution < 1.29 is 19.1 Å². The van der Waals surface area contributed by atoms with Gasteiger partial charge in [-0.05, 0) is 56.2 Å². The fourth-order valence-electron chi connectivity index (χ4n) is 4.21. The molecule has 1 N–H and O–H groups in total. The molecule has 140 valence electrons. The normalized spacial score (nSPS) is 27.9. The number of carbonyl (C=O) groups is 2. The third-order valence-corrected chi connectivity index (χ3v) is 6.54. The minimum absolute atomic E-state index is 0.265. The van der Waals surface area contributed by atoms with Gasteiger partial charge in [-0.3, -0.25) is 9.59 Å². The fourth-order valence-corrected chi connectivity index (χ4v) is 4.21. The molecule has 1 amide bonds. The van der Waals surface area contributed by atoms with Crippen LogP contribution in [-0.4, -0.2) is 17.5 Å². The number of ether oxygens (including phenoxy) is 2. The van der Waals surface area contributed by atoms with Crippen molar-refractivity contribution in [3.05, 3.63) is 54.6 Å². The lowest BCUT2D eigenvalue weighted by molar-refractivity contribution is -0.165. The molecule has 5 nitrogen and oxygen atoms in total. The monoisotopic (exact) mass is 365 g/mol. The van der Waals surface area contributed by atoms with E-state index < -0.39 is 16.4 Å². The van der Waals surface area contributed by atoms with Crippen LogP contribution >= 0.6 is 0 Å². The van der Waals surface area contributed by atoms with E-state index in [-0.39, 0.29) is 11.9 Å². The maximum absolute atomic E-state index is 13.1. The molecule has 1 heterocycles. The van der Waals surface area contributed by atoms with Crippen LogP contribution in [0.1, 0.15) is 33.6 Å². The summed E-state index contributed by atoms with van der Waals surface area (Å²) in [5, 5.41) is 2.92. The Labute approximate surface area is 158 Å². The molecule has 2 unspecified atom stereocenters. The number of anilines is 1. The quantitative estimate of drug-likeness (QED) is 0.808. The smallest absolute Gasteiger partial charge is 0.313 e. The van der Waals surface area contributed by atoms with Gasteiger partial charge in [0.05, 0.1) is 5.41 Å². The van der Waals surface area contributed by atoms with E-state index in [1.165, 1.54) is 0 Å². The van der Waals surface area contributed by atoms with Crippen molar-refractivity contribution in [1.82, 2.24) is 0 Å². The van der Waals surface area contributed by atoms with Crippen molar-refractivity contribution >= 4 is 17.6 Å². The fraction of sp³-hybridized carbons (Fsp3) is 0.364. The van der Waals surface area contributed by atoms with E-state index in [2.05, 4.69) is 5.32 Å². The highest BCUT2D eigenvalue weighted by Gasteiger charge is 2.75. The number of para-hydroxylation sites is 1. The molecule has 1 aliphatic heterocycles. The standard InChI is InChI=1S/C22H23NO4/c1-20(2)21(3)13-14-22(20,27-19(21)25)18(24)23-15-9-11-17(12-10-15)26-16-7-5-4-6-8-16/h4-12H,13-14H2,1-3H3,(H,23,24). The minimum Gasteiger partial charge on any atom is -0.457 e. The second kappa shape index (κ2) is 5.84. The Morgan fingerprint density at radius 2 is 1.59 bits per heavy atom. The molecule has 2 bridgehead atoms. The van der Waals surface area contributed by atoms with Crippen LogP contribution in [0, 0.1) is 10.8 Å². The lowest BCUT2D eigenvalue weighted by atomic mass is 9.66. The Hall–Kier alpha value is -2.82. The first kappa shape index (κ1) is 17.6. The van der Waals surface area contributed by atoms with Crippen LogP contribution in [0.25, 0.3) is 0 Å². The number of amides is 1. The lowest BCUT2D eigenvalue weighted by Crippen LogP contribution is -2.50. The number of esters is 1. The Balaban J connectivity index is 1.50. The second-order valence-corrected chi connectivity index (χ2v) is 8.07. The second-order valence-electron chi connectivity index (χ2n) is 8.07. The van der Waals surface area contributed by atoms with Crippen LogP contribution in [0.3, 0.4) is 0 Å². The molecule has 2 fully saturated rings. The maximum atomic E-state index is 13.1. The van der Waals surface area contributed by atoms with Crippen LogP contribution in [0.5, 0.6) is 11.5 Å². The Kier molecular flexibility index (Phi) is 3.81. The summed E-state index contributed by atoms with van der Waals surface area (Å²) in [5.74, 6) is 0.885. The van der Waals surface area contributed by atoms with Crippen molar-refractivity contribution in [3.63, 3.8) is 0 Å². The van der Waals surface area contributed by atoms with Gasteiger partial charge in [0.25, 0.3) is 5.91 Å². The van der Waals surface area contributed by atoms with Gasteiger partial charge in [0.15, 0.2) is 5.60 Å². The maximum Gasteiger partial charge on any atom is 0.313 e. The lowest BCUT2D eigenvalue weighted by Gasteiger charge is -2.35. The third-order valence-electron chi connectivity index (χ3n) is 6.54. The molecule has 2 aromatic carbocycles. The summed E-state index contributed by atoms with van der Waals surface area (Å²) in [6.07, 6.45) is 1.21. The number of rotatable bonds is 4. The molecular formula is C22H23NO4. The first-order valence-corrected chi connectivity index (χ1v) is 9.16. The predicted octanol–water partition coefficient (Wildman–Crippen LogP) is 4.54. The molecule has 1 aliphatic carbocycles. The molecule has 1 saturated carbocycles. The Bertz CT molecular complexity index is 890. The molecule has 4 rings (SSSR count). The van der Waals surface area contributed by atoms with Crippen molar-refractivity contribution in [2.24, 2.45) is 10.8 Å². The van der Waals surface area contributed by atoms with E-state index in [9.17, 15) is 9.59 Å². The number of hydrogen-bond donors (Lipinski definition) is 1. The topological polar surface area (TPSA) is 64.6 Å². The molecule has 5 heteroatoms. The van der Waals surface area contributed by atoms with E-state index >= 15 is 0 Å². The van der Waals surface area contributed by atoms with Gasteiger partial charge in [-0.15, -0.1) is 0 Å². The van der Waals surface area contributed by atoms with Crippen molar-refractivity contribution in [2.75, 3.05) is 5.32 Å². The largest absolute Gasteiger partial charge is 0.457 e. The third kappa shape index (κ3) is 2.45. The predicted molar refractivity (Wildman–Crippen MR) is 102 cm³/mol. The highest BCUT2D eigenvalue weighted by Crippen LogP contribution is 2.65. The summed E-state index contributed by atoms with van der Waals surface area (Å²) in [7, 11) is 0. The first-order chi connectivity index (χ1) is 12.8. The molecule has 0 aromatic heterocycles. The summed E-state index contributed by atoms with van der Waals surface area (Å²) >= 11 is 0. The van der Waals surface area contributed by atoms with Crippen LogP contribution < -0.4 is 10.1 Å². The molecule has 2 aliphatic rings. The summed E-state index contributed by atoms with van der Waals surface area (Å²) in [4.78, 5) is 25.4. The summed E-state index contributed by atoms with van der Waals surface area (Å²) in [6, 6.07) is 16.7. The van der Waals surface area contributed by atoms with Crippen LogP contribution in [0.4, 0.5) is 5.69 Å². The SMILES string of the molecule is CC12CCC(C(=O)Nc3ccc(Oc4ccccc4)cc3)(OC1=O)C2(C)C. The van der Waals surface area contributed by atoms with Gasteiger partial charge in [0, 0.05) is 11.1 Å². The van der Waals surface area contributed by atoms with Gasteiger partial charge < -0.3 is 14.8 Å². The molecule has 27 heavy (non-hydrogen) atoms. The highest BCUT2D eigenvalue weighted by molar-refractivity contribution is 6.03. The average Bonchev–Trinajstić information content (AvgIpc) is 2.95. The number of hydrogen-bond acceptors (Lipinski definition) is 4. The summed E-state index contributed by atoms with van der Waals surface area (Å²) < 4.78 is 11.4. The molecule has 0 spiro atoms. The zero-order valence-electron chi connectivity index (χ0n) is 15.7. The minimum atomic E-state index is -1.11. The molecule has 1 saturated heterocycles. The van der Waals surface area contributed by atoms with Crippen LogP contribution in [-0.2, 0) is 14.3 Å². The summed E-state index contributed by atoms with van der Waals surface area (Å²) in [5.41, 5.74) is -1.64. The van der Waals surface area contributed by atoms with E-state index in [0.29, 0.717) is 24.3 Å². The van der Waals surface area contributed by atoms with Gasteiger partial charge in [-0.25, -0.2) is 0 Å². The molecule has 0 radical (unpaired) electrons. The first-order valence-electron chi connectivity index (χ1n) is 9.16. The number of benzene rings is 2. The summed E-state index contributed by atoms with van der Waals surface area (Å²) in [6.45, 7) is 5.79. The van der Waals surface area contributed by atoms with Crippen molar-refractivity contribution in [3.8, 4) is 11.5 Å². The van der Waals surface area contributed by atoms with Crippen molar-refractivity contribution in [1.29, 1.82) is 0 Å². The van der Waals surface area contributed by atoms with E-state index in [1.807, 2.05) is 51.1 Å². The Morgan fingerprint density at radius 1 is 0.963 bits per heavy atom. The van der Waals surface area contributed by atoms with Gasteiger partial charge in [-0.1, -0.05) is 32.0 Å². The van der Waals surface area contributed by atoms with Crippen molar-refractivity contribution in [2.45, 2.75) is 39.2 Å². The van der Waals surface area contributed by atoms with E-state index in [1.54, 1.807) is 24.3 Å². The van der Waals surface area contributed by atoms with E-state index in [0.717, 1.165) is 5.75 Å². The van der Waals surface area contributed by atoms with Gasteiger partial charge in [0.2, 0.25) is 0 Å². The zero-order chi connectivity index (χ0) is 19.3. The van der Waals surface area contributed by atoms with E-state index in [4.69, 9.17) is 9.47 Å². The highest BCUT2D eigenvalue weighted by atomic mass is 16.6. The molecule has 2 atom stereocenters. The van der Waals surface area contributed by atoms with Gasteiger partial charge in [0.1, 0.15) is 11.5 Å². The van der Waals surface area contributed by atoms with Gasteiger partial charge >= 0.3 is 5.97 Å². The van der Waals surface area contributed by atoms with Crippen LogP contribution in [0.2, 0.25) is 0 Å². The average molecular weight is 365 g/mol. The molecule has 2 aromatic rings. The van der Waals surface area contributed by atoms with Gasteiger partial charge in [-0.2, -0.15) is 0 Å². The Morgan fingerprint density at radius 3 is 2.15 bits per heavy atom. The number of carbonyl (C=O) groups excluding carboxylic acids is 2. The zero-order valence-corrected chi connectivity index (χ0v) is 15.7. The van der Waals surface area contributed by atoms with Crippen LogP contribution in [0.15, 0.2) is 54.6 Å².